The molecule has 1 nitrogen and oxygen atoms in total. The maximum absolute atomic E-state index is 12.0. The third kappa shape index (κ3) is 1.03. The van der Waals surface area contributed by atoms with Gasteiger partial charge in [0.15, 0.2) is 5.78 Å². The first kappa shape index (κ1) is 8.86. The maximum atomic E-state index is 12.0. The second-order valence-electron chi connectivity index (χ2n) is 3.57. The van der Waals surface area contributed by atoms with Crippen molar-refractivity contribution in [3.05, 3.63) is 35.4 Å². The number of hydrogen-bond acceptors (Lipinski definition) is 3. The molecule has 0 amide bonds. The summed E-state index contributed by atoms with van der Waals surface area (Å²) in [6.07, 6.45) is 0.635. The van der Waals surface area contributed by atoms with Crippen molar-refractivity contribution in [1.82, 2.24) is 0 Å². The summed E-state index contributed by atoms with van der Waals surface area (Å²) in [6, 6.07) is 8.26. The van der Waals surface area contributed by atoms with Gasteiger partial charge in [-0.1, -0.05) is 24.3 Å². The van der Waals surface area contributed by atoms with Gasteiger partial charge in [0.2, 0.25) is 0 Å². The van der Waals surface area contributed by atoms with E-state index in [1.165, 1.54) is 11.1 Å². The summed E-state index contributed by atoms with van der Waals surface area (Å²) in [5, 5.41) is 0. The van der Waals surface area contributed by atoms with E-state index < -0.39 is 0 Å². The second-order valence-corrected chi connectivity index (χ2v) is 6.45. The quantitative estimate of drug-likeness (QED) is 0.671. The average Bonchev–Trinajstić information content (AvgIpc) is 2.77. The monoisotopic (exact) mass is 222 g/mol. The lowest BCUT2D eigenvalue weighted by molar-refractivity contribution is -0.118. The Morgan fingerprint density at radius 1 is 1.14 bits per heavy atom. The molecule has 72 valence electrons. The molecule has 14 heavy (non-hydrogen) atoms. The van der Waals surface area contributed by atoms with Gasteiger partial charge in [0.05, 0.1) is 0 Å². The van der Waals surface area contributed by atoms with Crippen LogP contribution >= 0.6 is 23.5 Å². The summed E-state index contributed by atoms with van der Waals surface area (Å²) in [7, 11) is 0. The summed E-state index contributed by atoms with van der Waals surface area (Å²) in [5.41, 5.74) is 2.50. The summed E-state index contributed by atoms with van der Waals surface area (Å²) >= 11 is 3.63. The van der Waals surface area contributed by atoms with Crippen LogP contribution in [0.1, 0.15) is 11.1 Å². The van der Waals surface area contributed by atoms with Crippen molar-refractivity contribution in [2.75, 3.05) is 11.5 Å². The van der Waals surface area contributed by atoms with E-state index in [-0.39, 0.29) is 4.08 Å². The lowest BCUT2D eigenvalue weighted by Crippen LogP contribution is -2.21. The fraction of sp³-hybridized carbons (Fsp3) is 0.364. The molecule has 3 rings (SSSR count). The summed E-state index contributed by atoms with van der Waals surface area (Å²) in [4.78, 5) is 12.0. The predicted octanol–water partition coefficient (Wildman–Crippen LogP) is 2.44. The summed E-state index contributed by atoms with van der Waals surface area (Å²) in [5.74, 6) is 2.60. The van der Waals surface area contributed by atoms with Crippen molar-refractivity contribution >= 4 is 29.3 Å². The maximum Gasteiger partial charge on any atom is 0.167 e. The molecule has 1 spiro atoms. The Hall–Kier alpha value is -0.410. The number of rotatable bonds is 0. The highest BCUT2D eigenvalue weighted by atomic mass is 32.2. The van der Waals surface area contributed by atoms with Gasteiger partial charge in [-0.3, -0.25) is 4.79 Å². The summed E-state index contributed by atoms with van der Waals surface area (Å²) in [6.45, 7) is 0. The molecule has 0 atom stereocenters. The van der Waals surface area contributed by atoms with E-state index in [1.807, 2.05) is 35.7 Å². The molecule has 1 fully saturated rings. The molecule has 0 aromatic heterocycles. The Balaban J connectivity index is 2.18. The van der Waals surface area contributed by atoms with Crippen LogP contribution in [0.5, 0.6) is 0 Å². The number of carbonyl (C=O) groups is 1. The smallest absolute Gasteiger partial charge is 0.167 e. The Labute approximate surface area is 91.7 Å². The number of hydrogen-bond donors (Lipinski definition) is 0. The molecule has 0 unspecified atom stereocenters. The first-order valence-corrected chi connectivity index (χ1v) is 6.70. The minimum atomic E-state index is -0.226. The number of carbonyl (C=O) groups excluding carboxylic acids is 1. The molecule has 1 aromatic rings. The minimum absolute atomic E-state index is 0.226. The Morgan fingerprint density at radius 2 is 1.86 bits per heavy atom. The molecule has 1 aliphatic heterocycles. The fourth-order valence-corrected chi connectivity index (χ4v) is 5.41. The number of fused-ring (bicyclic) bond motifs is 2. The zero-order chi connectivity index (χ0) is 9.60. The Morgan fingerprint density at radius 3 is 2.64 bits per heavy atom. The van der Waals surface area contributed by atoms with E-state index in [0.29, 0.717) is 12.2 Å². The lowest BCUT2D eigenvalue weighted by atomic mass is 10.1. The van der Waals surface area contributed by atoms with Gasteiger partial charge in [0.1, 0.15) is 4.08 Å². The van der Waals surface area contributed by atoms with Crippen LogP contribution in [-0.2, 0) is 15.3 Å². The van der Waals surface area contributed by atoms with Crippen LogP contribution in [0.2, 0.25) is 0 Å². The van der Waals surface area contributed by atoms with Crippen LogP contribution < -0.4 is 0 Å². The first-order chi connectivity index (χ1) is 6.83. The van der Waals surface area contributed by atoms with Crippen LogP contribution in [0.4, 0.5) is 0 Å². The van der Waals surface area contributed by atoms with Gasteiger partial charge in [0.25, 0.3) is 0 Å². The third-order valence-corrected chi connectivity index (χ3v) is 6.27. The zero-order valence-corrected chi connectivity index (χ0v) is 9.29. The van der Waals surface area contributed by atoms with Crippen molar-refractivity contribution in [2.45, 2.75) is 10.5 Å². The lowest BCUT2D eigenvalue weighted by Gasteiger charge is -2.20. The van der Waals surface area contributed by atoms with Gasteiger partial charge < -0.3 is 0 Å². The Kier molecular flexibility index (Phi) is 1.92. The average molecular weight is 222 g/mol. The molecule has 0 saturated carbocycles. The highest BCUT2D eigenvalue weighted by Crippen LogP contribution is 2.56. The number of thioether (sulfide) groups is 2. The van der Waals surface area contributed by atoms with E-state index >= 15 is 0 Å². The van der Waals surface area contributed by atoms with Crippen LogP contribution in [0, 0.1) is 0 Å². The van der Waals surface area contributed by atoms with E-state index in [2.05, 4.69) is 12.1 Å². The van der Waals surface area contributed by atoms with Crippen LogP contribution in [0.3, 0.4) is 0 Å². The molecule has 0 N–H and O–H groups in total. The molecule has 0 bridgehead atoms. The molecular weight excluding hydrogens is 212 g/mol. The fourth-order valence-electron chi connectivity index (χ4n) is 2.16. The van der Waals surface area contributed by atoms with Crippen LogP contribution in [-0.4, -0.2) is 17.3 Å². The van der Waals surface area contributed by atoms with E-state index in [0.717, 1.165) is 11.5 Å². The summed E-state index contributed by atoms with van der Waals surface area (Å²) < 4.78 is -0.226. The molecule has 1 saturated heterocycles. The molecule has 3 heteroatoms. The minimum Gasteiger partial charge on any atom is -0.296 e. The highest BCUT2D eigenvalue weighted by molar-refractivity contribution is 8.21. The molecule has 1 aromatic carbocycles. The highest BCUT2D eigenvalue weighted by Gasteiger charge is 2.49. The molecule has 2 aliphatic rings. The largest absolute Gasteiger partial charge is 0.296 e. The van der Waals surface area contributed by atoms with Crippen LogP contribution in [0.25, 0.3) is 0 Å². The van der Waals surface area contributed by atoms with Gasteiger partial charge in [-0.05, 0) is 11.1 Å². The van der Waals surface area contributed by atoms with Crippen molar-refractivity contribution in [2.24, 2.45) is 0 Å². The van der Waals surface area contributed by atoms with Gasteiger partial charge >= 0.3 is 0 Å². The molecule has 0 radical (unpaired) electrons. The zero-order valence-electron chi connectivity index (χ0n) is 7.66. The van der Waals surface area contributed by atoms with Gasteiger partial charge in [-0.25, -0.2) is 0 Å². The van der Waals surface area contributed by atoms with E-state index in [1.54, 1.807) is 0 Å². The molecule has 1 aliphatic carbocycles. The van der Waals surface area contributed by atoms with Crippen molar-refractivity contribution in [3.63, 3.8) is 0 Å². The third-order valence-electron chi connectivity index (χ3n) is 2.78. The van der Waals surface area contributed by atoms with Crippen molar-refractivity contribution < 1.29 is 4.79 Å². The molecule has 1 heterocycles. The number of benzene rings is 1. The normalized spacial score (nSPS) is 23.0. The molecular formula is C11H10OS2. The standard InChI is InChI=1S/C11H10OS2/c12-10-7-8-3-1-2-4-9(8)11(10)13-5-6-14-11/h1-4H,5-7H2. The topological polar surface area (TPSA) is 17.1 Å². The van der Waals surface area contributed by atoms with Crippen LogP contribution in [0.15, 0.2) is 24.3 Å². The second kappa shape index (κ2) is 3.04. The van der Waals surface area contributed by atoms with Gasteiger partial charge in [-0.2, -0.15) is 0 Å². The van der Waals surface area contributed by atoms with Crippen molar-refractivity contribution in [1.29, 1.82) is 0 Å². The van der Waals surface area contributed by atoms with Gasteiger partial charge in [0, 0.05) is 17.9 Å². The van der Waals surface area contributed by atoms with E-state index in [9.17, 15) is 4.79 Å². The van der Waals surface area contributed by atoms with E-state index in [4.69, 9.17) is 0 Å². The van der Waals surface area contributed by atoms with Crippen molar-refractivity contribution in [3.8, 4) is 0 Å². The first-order valence-electron chi connectivity index (χ1n) is 4.72. The number of Topliss-reactive ketones (excluding diaryl/α,β-unsaturated/α-hetero) is 1. The Bertz CT molecular complexity index is 394. The SMILES string of the molecule is O=C1Cc2ccccc2C12SCCS2. The number of ketones is 1. The predicted molar refractivity (Wildman–Crippen MR) is 61.7 cm³/mol. The van der Waals surface area contributed by atoms with Gasteiger partial charge in [-0.15, -0.1) is 23.5 Å².